The van der Waals surface area contributed by atoms with E-state index in [9.17, 15) is 4.79 Å². The van der Waals surface area contributed by atoms with Crippen molar-refractivity contribution in [1.82, 2.24) is 4.90 Å². The predicted octanol–water partition coefficient (Wildman–Crippen LogP) is 0.377. The molecule has 0 saturated carbocycles. The molecule has 1 amide bonds. The van der Waals surface area contributed by atoms with Crippen molar-refractivity contribution in [3.8, 4) is 6.07 Å². The topological polar surface area (TPSA) is 64.3 Å². The van der Waals surface area contributed by atoms with Crippen LogP contribution in [0.2, 0.25) is 0 Å². The summed E-state index contributed by atoms with van der Waals surface area (Å²) < 4.78 is 0. The third-order valence-electron chi connectivity index (χ3n) is 2.65. The highest BCUT2D eigenvalue weighted by Crippen LogP contribution is 2.17. The summed E-state index contributed by atoms with van der Waals surface area (Å²) >= 11 is 0. The Kier molecular flexibility index (Phi) is 3.90. The molecule has 14 heavy (non-hydrogen) atoms. The quantitative estimate of drug-likeness (QED) is 0.694. The van der Waals surface area contributed by atoms with Crippen molar-refractivity contribution >= 4 is 5.91 Å². The van der Waals surface area contributed by atoms with E-state index in [0.29, 0.717) is 6.54 Å². The summed E-state index contributed by atoms with van der Waals surface area (Å²) in [7, 11) is 0. The molecule has 0 radical (unpaired) electrons. The minimum absolute atomic E-state index is 0.106. The number of hydrogen-bond donors (Lipinski definition) is 1. The van der Waals surface area contributed by atoms with Crippen LogP contribution < -0.4 is 0 Å². The lowest BCUT2D eigenvalue weighted by Crippen LogP contribution is -2.43. The van der Waals surface area contributed by atoms with Gasteiger partial charge in [-0.2, -0.15) is 5.26 Å². The molecule has 1 saturated heterocycles. The Bertz CT molecular complexity index is 247. The van der Waals surface area contributed by atoms with Crippen LogP contribution in [0.4, 0.5) is 0 Å². The van der Waals surface area contributed by atoms with E-state index in [1.165, 1.54) is 0 Å². The summed E-state index contributed by atoms with van der Waals surface area (Å²) in [4.78, 5) is 13.3. The van der Waals surface area contributed by atoms with Gasteiger partial charge in [0.25, 0.3) is 0 Å². The monoisotopic (exact) mass is 196 g/mol. The van der Waals surface area contributed by atoms with Crippen LogP contribution in [0, 0.1) is 23.2 Å². The number of nitriles is 1. The van der Waals surface area contributed by atoms with Crippen LogP contribution in [0.25, 0.3) is 0 Å². The van der Waals surface area contributed by atoms with Crippen LogP contribution in [0.5, 0.6) is 0 Å². The molecule has 0 aromatic carbocycles. The van der Waals surface area contributed by atoms with Gasteiger partial charge in [0.2, 0.25) is 5.91 Å². The molecule has 0 bridgehead atoms. The van der Waals surface area contributed by atoms with Gasteiger partial charge in [0.05, 0.1) is 6.07 Å². The van der Waals surface area contributed by atoms with E-state index < -0.39 is 5.92 Å². The van der Waals surface area contributed by atoms with Gasteiger partial charge in [-0.05, 0) is 25.7 Å². The number of likely N-dealkylation sites (tertiary alicyclic amines) is 1. The molecular weight excluding hydrogens is 180 g/mol. The number of nitrogens with zero attached hydrogens (tertiary/aromatic N) is 2. The number of carbonyl (C=O) groups is 1. The summed E-state index contributed by atoms with van der Waals surface area (Å²) in [6.45, 7) is 3.07. The first-order valence-electron chi connectivity index (χ1n) is 4.98. The zero-order valence-corrected chi connectivity index (χ0v) is 8.44. The fraction of sp³-hybridized carbons (Fsp3) is 0.800. The maximum Gasteiger partial charge on any atom is 0.239 e. The second-order valence-corrected chi connectivity index (χ2v) is 3.83. The molecule has 0 aromatic rings. The second-order valence-electron chi connectivity index (χ2n) is 3.83. The molecular formula is C10H16N2O2. The number of hydrogen-bond acceptors (Lipinski definition) is 3. The van der Waals surface area contributed by atoms with Crippen molar-refractivity contribution < 1.29 is 9.90 Å². The van der Waals surface area contributed by atoms with Gasteiger partial charge >= 0.3 is 0 Å². The molecule has 1 heterocycles. The first kappa shape index (κ1) is 11.0. The van der Waals surface area contributed by atoms with Gasteiger partial charge in [-0.25, -0.2) is 0 Å². The van der Waals surface area contributed by atoms with Crippen molar-refractivity contribution in [3.05, 3.63) is 0 Å². The number of rotatable bonds is 2. The Morgan fingerprint density at radius 3 is 3.07 bits per heavy atom. The third-order valence-corrected chi connectivity index (χ3v) is 2.65. The van der Waals surface area contributed by atoms with Crippen molar-refractivity contribution in [2.24, 2.45) is 11.8 Å². The van der Waals surface area contributed by atoms with Crippen molar-refractivity contribution in [2.45, 2.75) is 19.8 Å². The molecule has 78 valence electrons. The van der Waals surface area contributed by atoms with Gasteiger partial charge in [-0.1, -0.05) is 0 Å². The number of amides is 1. The number of piperidine rings is 1. The molecule has 1 fully saturated rings. The molecule has 0 aromatic heterocycles. The lowest BCUT2D eigenvalue weighted by molar-refractivity contribution is -0.135. The second kappa shape index (κ2) is 4.97. The maximum atomic E-state index is 11.6. The van der Waals surface area contributed by atoms with E-state index in [1.807, 2.05) is 6.07 Å². The molecule has 1 rings (SSSR count). The zero-order valence-electron chi connectivity index (χ0n) is 8.44. The minimum atomic E-state index is -0.563. The average Bonchev–Trinajstić information content (AvgIpc) is 2.27. The van der Waals surface area contributed by atoms with Gasteiger partial charge in [-0.15, -0.1) is 0 Å². The van der Waals surface area contributed by atoms with E-state index in [2.05, 4.69) is 0 Å². The van der Waals surface area contributed by atoms with Crippen LogP contribution in [-0.2, 0) is 4.79 Å². The van der Waals surface area contributed by atoms with E-state index >= 15 is 0 Å². The van der Waals surface area contributed by atoms with Crippen molar-refractivity contribution in [3.63, 3.8) is 0 Å². The van der Waals surface area contributed by atoms with Gasteiger partial charge in [0, 0.05) is 19.7 Å². The largest absolute Gasteiger partial charge is 0.396 e. The predicted molar refractivity (Wildman–Crippen MR) is 51.2 cm³/mol. The van der Waals surface area contributed by atoms with Crippen molar-refractivity contribution in [1.29, 1.82) is 5.26 Å². The summed E-state index contributed by atoms with van der Waals surface area (Å²) in [5.41, 5.74) is 0. The van der Waals surface area contributed by atoms with E-state index in [0.717, 1.165) is 19.4 Å². The lowest BCUT2D eigenvalue weighted by Gasteiger charge is -2.32. The minimum Gasteiger partial charge on any atom is -0.396 e. The molecule has 1 aliphatic heterocycles. The molecule has 1 N–H and O–H groups in total. The van der Waals surface area contributed by atoms with Crippen LogP contribution in [0.1, 0.15) is 19.8 Å². The average molecular weight is 196 g/mol. The van der Waals surface area contributed by atoms with Gasteiger partial charge in [0.15, 0.2) is 0 Å². The van der Waals surface area contributed by atoms with Gasteiger partial charge in [-0.3, -0.25) is 4.79 Å². The number of aliphatic hydroxyl groups excluding tert-OH is 1. The normalized spacial score (nSPS) is 24.1. The first-order valence-corrected chi connectivity index (χ1v) is 4.98. The maximum absolute atomic E-state index is 11.6. The highest BCUT2D eigenvalue weighted by Gasteiger charge is 2.25. The van der Waals surface area contributed by atoms with Gasteiger partial charge in [0.1, 0.15) is 5.92 Å². The van der Waals surface area contributed by atoms with Crippen LogP contribution in [0.3, 0.4) is 0 Å². The third kappa shape index (κ3) is 2.46. The van der Waals surface area contributed by atoms with E-state index in [4.69, 9.17) is 10.4 Å². The Morgan fingerprint density at radius 2 is 2.50 bits per heavy atom. The molecule has 1 unspecified atom stereocenters. The fourth-order valence-corrected chi connectivity index (χ4v) is 1.74. The van der Waals surface area contributed by atoms with Crippen LogP contribution >= 0.6 is 0 Å². The standard InChI is InChI=1S/C10H16N2O2/c1-8(5-11)10(14)12-4-2-3-9(6-12)7-13/h8-9,13H,2-4,6-7H2,1H3/t8?,9-/m0/s1. The zero-order chi connectivity index (χ0) is 10.6. The Labute approximate surface area is 84.1 Å². The molecule has 2 atom stereocenters. The van der Waals surface area contributed by atoms with Crippen LogP contribution in [-0.4, -0.2) is 35.6 Å². The Morgan fingerprint density at radius 1 is 1.79 bits per heavy atom. The summed E-state index contributed by atoms with van der Waals surface area (Å²) in [5, 5.41) is 17.6. The number of aliphatic hydroxyl groups is 1. The molecule has 4 heteroatoms. The summed E-state index contributed by atoms with van der Waals surface area (Å²) in [5.74, 6) is -0.475. The van der Waals surface area contributed by atoms with E-state index in [-0.39, 0.29) is 18.4 Å². The SMILES string of the molecule is CC(C#N)C(=O)N1CCC[C@H](CO)C1. The first-order chi connectivity index (χ1) is 6.69. The van der Waals surface area contributed by atoms with Crippen molar-refractivity contribution in [2.75, 3.05) is 19.7 Å². The summed E-state index contributed by atoms with van der Waals surface area (Å²) in [6, 6.07) is 1.94. The lowest BCUT2D eigenvalue weighted by atomic mass is 9.98. The van der Waals surface area contributed by atoms with Gasteiger partial charge < -0.3 is 10.0 Å². The Balaban J connectivity index is 2.52. The molecule has 0 aliphatic carbocycles. The smallest absolute Gasteiger partial charge is 0.239 e. The Hall–Kier alpha value is -1.08. The number of carbonyl (C=O) groups excluding carboxylic acids is 1. The fourth-order valence-electron chi connectivity index (χ4n) is 1.74. The summed E-state index contributed by atoms with van der Waals surface area (Å²) in [6.07, 6.45) is 1.90. The molecule has 4 nitrogen and oxygen atoms in total. The highest BCUT2D eigenvalue weighted by molar-refractivity contribution is 5.80. The molecule has 1 aliphatic rings. The molecule has 0 spiro atoms. The van der Waals surface area contributed by atoms with E-state index in [1.54, 1.807) is 11.8 Å². The highest BCUT2D eigenvalue weighted by atomic mass is 16.3. The van der Waals surface area contributed by atoms with Crippen LogP contribution in [0.15, 0.2) is 0 Å².